The van der Waals surface area contributed by atoms with Gasteiger partial charge >= 0.3 is 0 Å². The molecule has 0 radical (unpaired) electrons. The first-order valence-electron chi connectivity index (χ1n) is 16.2. The van der Waals surface area contributed by atoms with Crippen molar-refractivity contribution in [2.24, 2.45) is 0 Å². The molecule has 0 aliphatic rings. The fourth-order valence-electron chi connectivity index (χ4n) is 5.59. The van der Waals surface area contributed by atoms with Crippen molar-refractivity contribution >= 4 is 11.8 Å². The lowest BCUT2D eigenvalue weighted by Gasteiger charge is -2.13. The SMILES string of the molecule is O=C(NCc1ccccc1)c1nnn(CCCc2ccccc2)c1-c1c(C(=O)NCc2ccccc2)nnn1CCCc1ccccc1. The monoisotopic (exact) mass is 638 g/mol. The summed E-state index contributed by atoms with van der Waals surface area (Å²) in [6.07, 6.45) is 3.12. The van der Waals surface area contributed by atoms with E-state index in [2.05, 4.69) is 55.5 Å². The van der Waals surface area contributed by atoms with Crippen LogP contribution in [0, 0.1) is 0 Å². The van der Waals surface area contributed by atoms with Crippen LogP contribution >= 0.6 is 0 Å². The van der Waals surface area contributed by atoms with Crippen molar-refractivity contribution in [3.05, 3.63) is 155 Å². The third kappa shape index (κ3) is 8.27. The summed E-state index contributed by atoms with van der Waals surface area (Å²) in [6, 6.07) is 39.8. The first kappa shape index (κ1) is 32.1. The number of hydrogen-bond acceptors (Lipinski definition) is 6. The summed E-state index contributed by atoms with van der Waals surface area (Å²) in [5, 5.41) is 23.6. The third-order valence-corrected chi connectivity index (χ3v) is 8.07. The average molecular weight is 639 g/mol. The third-order valence-electron chi connectivity index (χ3n) is 8.07. The van der Waals surface area contributed by atoms with Crippen molar-refractivity contribution in [3.8, 4) is 11.4 Å². The van der Waals surface area contributed by atoms with Gasteiger partial charge in [0.1, 0.15) is 11.4 Å². The predicted octanol–water partition coefficient (Wildman–Crippen LogP) is 5.66. The van der Waals surface area contributed by atoms with Gasteiger partial charge in [0.05, 0.1) is 0 Å². The van der Waals surface area contributed by atoms with E-state index in [4.69, 9.17) is 0 Å². The van der Waals surface area contributed by atoms with Gasteiger partial charge in [-0.25, -0.2) is 9.36 Å². The summed E-state index contributed by atoms with van der Waals surface area (Å²) in [7, 11) is 0. The van der Waals surface area contributed by atoms with E-state index >= 15 is 0 Å². The van der Waals surface area contributed by atoms with Crippen LogP contribution in [0.15, 0.2) is 121 Å². The van der Waals surface area contributed by atoms with Crippen LogP contribution < -0.4 is 10.6 Å². The Morgan fingerprint density at radius 2 is 0.812 bits per heavy atom. The lowest BCUT2D eigenvalue weighted by molar-refractivity contribution is 0.0936. The zero-order valence-electron chi connectivity index (χ0n) is 26.7. The molecule has 242 valence electrons. The van der Waals surface area contributed by atoms with Gasteiger partial charge < -0.3 is 10.6 Å². The highest BCUT2D eigenvalue weighted by atomic mass is 16.2. The largest absolute Gasteiger partial charge is 0.346 e. The molecule has 10 heteroatoms. The maximum Gasteiger partial charge on any atom is 0.274 e. The zero-order valence-corrected chi connectivity index (χ0v) is 26.7. The highest BCUT2D eigenvalue weighted by Gasteiger charge is 2.30. The van der Waals surface area contributed by atoms with Gasteiger partial charge in [0, 0.05) is 26.2 Å². The number of aromatic nitrogens is 6. The van der Waals surface area contributed by atoms with E-state index in [9.17, 15) is 9.59 Å². The fraction of sp³-hybridized carbons (Fsp3) is 0.211. The number of amides is 2. The van der Waals surface area contributed by atoms with E-state index < -0.39 is 11.8 Å². The van der Waals surface area contributed by atoms with Gasteiger partial charge in [-0.2, -0.15) is 0 Å². The second-order valence-corrected chi connectivity index (χ2v) is 11.5. The molecule has 6 rings (SSSR count). The number of benzene rings is 4. The number of aryl methyl sites for hydroxylation is 4. The van der Waals surface area contributed by atoms with Crippen LogP contribution in [0.1, 0.15) is 56.1 Å². The van der Waals surface area contributed by atoms with Gasteiger partial charge in [-0.3, -0.25) is 9.59 Å². The van der Waals surface area contributed by atoms with Gasteiger partial charge in [-0.15, -0.1) is 10.2 Å². The smallest absolute Gasteiger partial charge is 0.274 e. The maximum absolute atomic E-state index is 13.8. The quantitative estimate of drug-likeness (QED) is 0.150. The summed E-state index contributed by atoms with van der Waals surface area (Å²) in [5.41, 5.74) is 5.39. The van der Waals surface area contributed by atoms with Crippen LogP contribution in [0.5, 0.6) is 0 Å². The molecular weight excluding hydrogens is 600 g/mol. The molecule has 10 nitrogen and oxygen atoms in total. The predicted molar refractivity (Wildman–Crippen MR) is 184 cm³/mol. The number of nitrogens with one attached hydrogen (secondary N) is 2. The van der Waals surface area contributed by atoms with E-state index in [1.54, 1.807) is 9.36 Å². The molecule has 0 unspecified atom stereocenters. The molecule has 0 saturated heterocycles. The Hall–Kier alpha value is -5.90. The molecule has 4 aromatic carbocycles. The molecule has 0 aliphatic carbocycles. The van der Waals surface area contributed by atoms with Crippen molar-refractivity contribution in [1.82, 2.24) is 40.6 Å². The van der Waals surface area contributed by atoms with E-state index in [-0.39, 0.29) is 11.4 Å². The molecule has 0 spiro atoms. The highest BCUT2D eigenvalue weighted by molar-refractivity contribution is 6.02. The summed E-state index contributed by atoms with van der Waals surface area (Å²) < 4.78 is 3.42. The van der Waals surface area contributed by atoms with Gasteiger partial charge in [0.25, 0.3) is 11.8 Å². The first-order valence-corrected chi connectivity index (χ1v) is 16.2. The van der Waals surface area contributed by atoms with Gasteiger partial charge in [0.15, 0.2) is 11.4 Å². The maximum atomic E-state index is 13.8. The van der Waals surface area contributed by atoms with E-state index in [0.717, 1.165) is 36.8 Å². The molecule has 48 heavy (non-hydrogen) atoms. The molecule has 0 saturated carbocycles. The second kappa shape index (κ2) is 16.1. The highest BCUT2D eigenvalue weighted by Crippen LogP contribution is 2.27. The summed E-state index contributed by atoms with van der Waals surface area (Å²) in [4.78, 5) is 27.5. The van der Waals surface area contributed by atoms with E-state index in [1.807, 2.05) is 97.1 Å². The molecular formula is C38H38N8O2. The van der Waals surface area contributed by atoms with Crippen LogP contribution in [0.2, 0.25) is 0 Å². The summed E-state index contributed by atoms with van der Waals surface area (Å²) in [5.74, 6) is -0.785. The Morgan fingerprint density at radius 3 is 1.17 bits per heavy atom. The number of carbonyl (C=O) groups excluding carboxylic acids is 2. The summed E-state index contributed by atoms with van der Waals surface area (Å²) >= 11 is 0. The molecule has 6 aromatic rings. The average Bonchev–Trinajstić information content (AvgIpc) is 3.75. The lowest BCUT2D eigenvalue weighted by atomic mass is 10.1. The number of rotatable bonds is 15. The van der Waals surface area contributed by atoms with Crippen LogP contribution in [0.3, 0.4) is 0 Å². The number of nitrogens with zero attached hydrogens (tertiary/aromatic N) is 6. The van der Waals surface area contributed by atoms with Gasteiger partial charge in [-0.05, 0) is 47.9 Å². The Morgan fingerprint density at radius 1 is 0.479 bits per heavy atom. The normalized spacial score (nSPS) is 10.9. The van der Waals surface area contributed by atoms with Gasteiger partial charge in [-0.1, -0.05) is 132 Å². The van der Waals surface area contributed by atoms with Crippen molar-refractivity contribution in [2.45, 2.75) is 51.9 Å². The minimum Gasteiger partial charge on any atom is -0.346 e. The molecule has 0 aliphatic heterocycles. The second-order valence-electron chi connectivity index (χ2n) is 11.5. The first-order chi connectivity index (χ1) is 23.7. The molecule has 2 aromatic heterocycles. The Kier molecular flexibility index (Phi) is 10.7. The minimum absolute atomic E-state index is 0.120. The Balaban J connectivity index is 1.33. The lowest BCUT2D eigenvalue weighted by Crippen LogP contribution is -2.26. The molecule has 0 atom stereocenters. The van der Waals surface area contributed by atoms with Gasteiger partial charge in [0.2, 0.25) is 0 Å². The van der Waals surface area contributed by atoms with Crippen molar-refractivity contribution < 1.29 is 9.59 Å². The Labute approximate surface area is 279 Å². The zero-order chi connectivity index (χ0) is 33.0. The molecule has 0 fully saturated rings. The Bertz CT molecular complexity index is 1770. The topological polar surface area (TPSA) is 120 Å². The van der Waals surface area contributed by atoms with Crippen molar-refractivity contribution in [2.75, 3.05) is 0 Å². The summed E-state index contributed by atoms with van der Waals surface area (Å²) in [6.45, 7) is 1.59. The van der Waals surface area contributed by atoms with Crippen LogP contribution in [-0.4, -0.2) is 41.8 Å². The molecule has 2 N–H and O–H groups in total. The van der Waals surface area contributed by atoms with Crippen LogP contribution in [0.4, 0.5) is 0 Å². The fourth-order valence-corrected chi connectivity index (χ4v) is 5.59. The standard InChI is InChI=1S/C38H38N8O2/c47-37(39-27-31-19-9-3-10-20-31)33-35(45(43-41-33)25-13-23-29-15-5-1-6-16-29)36-34(38(48)40-28-32-21-11-4-12-22-32)42-44-46(36)26-14-24-30-17-7-2-8-18-30/h1-12,15-22H,13-14,23-28H2,(H,39,47)(H,40,48). The van der Waals surface area contributed by atoms with Crippen LogP contribution in [-0.2, 0) is 39.0 Å². The van der Waals surface area contributed by atoms with E-state index in [0.29, 0.717) is 37.6 Å². The van der Waals surface area contributed by atoms with Crippen molar-refractivity contribution in [3.63, 3.8) is 0 Å². The van der Waals surface area contributed by atoms with E-state index in [1.165, 1.54) is 11.1 Å². The molecule has 0 bridgehead atoms. The molecule has 2 amide bonds. The van der Waals surface area contributed by atoms with Crippen LogP contribution in [0.25, 0.3) is 11.4 Å². The minimum atomic E-state index is -0.393. The number of hydrogen-bond donors (Lipinski definition) is 2. The number of carbonyl (C=O) groups is 2. The molecule has 2 heterocycles. The van der Waals surface area contributed by atoms with Crippen molar-refractivity contribution in [1.29, 1.82) is 0 Å².